The minimum Gasteiger partial charge on any atom is -0.465 e. The fraction of sp³-hybridized carbons (Fsp3) is 0.273. The van der Waals surface area contributed by atoms with Gasteiger partial charge in [-0.2, -0.15) is 0 Å². The predicted molar refractivity (Wildman–Crippen MR) is 61.0 cm³/mol. The van der Waals surface area contributed by atoms with Crippen LogP contribution in [0.2, 0.25) is 5.02 Å². The Bertz CT molecular complexity index is 474. The molecule has 1 rings (SSSR count). The highest BCUT2D eigenvalue weighted by molar-refractivity contribution is 6.31. The van der Waals surface area contributed by atoms with Gasteiger partial charge in [0.1, 0.15) is 5.54 Å². The molecule has 1 amide bonds. The summed E-state index contributed by atoms with van der Waals surface area (Å²) < 4.78 is 13.6. The van der Waals surface area contributed by atoms with Gasteiger partial charge in [-0.1, -0.05) is 17.7 Å². The minimum atomic E-state index is -1.42. The van der Waals surface area contributed by atoms with E-state index in [1.807, 2.05) is 5.32 Å². The van der Waals surface area contributed by atoms with Crippen molar-refractivity contribution < 1.29 is 19.1 Å². The maximum Gasteiger partial charge on any atom is 0.405 e. The number of carbonyl (C=O) groups excluding carboxylic acids is 1. The summed E-state index contributed by atoms with van der Waals surface area (Å²) in [5.41, 5.74) is -1.66. The van der Waals surface area contributed by atoms with Gasteiger partial charge in [-0.15, -0.1) is 0 Å². The number of carbonyl (C=O) groups is 2. The van der Waals surface area contributed by atoms with Gasteiger partial charge in [-0.3, -0.25) is 4.79 Å². The lowest BCUT2D eigenvalue weighted by molar-refractivity contribution is 0.0870. The molecule has 0 bridgehead atoms. The van der Waals surface area contributed by atoms with Crippen LogP contribution in [0.1, 0.15) is 24.2 Å². The molecule has 0 unspecified atom stereocenters. The van der Waals surface area contributed by atoms with Crippen LogP contribution in [0.3, 0.4) is 0 Å². The van der Waals surface area contributed by atoms with Crippen LogP contribution in [-0.4, -0.2) is 22.5 Å². The van der Waals surface area contributed by atoms with Gasteiger partial charge in [-0.25, -0.2) is 9.18 Å². The minimum absolute atomic E-state index is 0.179. The van der Waals surface area contributed by atoms with E-state index in [1.54, 1.807) is 0 Å². The van der Waals surface area contributed by atoms with Gasteiger partial charge in [0.2, 0.25) is 0 Å². The Morgan fingerprint density at radius 1 is 1.41 bits per heavy atom. The highest BCUT2D eigenvalue weighted by atomic mass is 35.5. The van der Waals surface area contributed by atoms with Crippen molar-refractivity contribution in [1.29, 1.82) is 0 Å². The molecule has 2 N–H and O–H groups in total. The van der Waals surface area contributed by atoms with E-state index >= 15 is 0 Å². The largest absolute Gasteiger partial charge is 0.465 e. The van der Waals surface area contributed by atoms with Gasteiger partial charge >= 0.3 is 6.09 Å². The smallest absolute Gasteiger partial charge is 0.405 e. The maximum atomic E-state index is 13.6. The van der Waals surface area contributed by atoms with Crippen molar-refractivity contribution >= 4 is 23.5 Å². The number of hydrogen-bond acceptors (Lipinski definition) is 2. The number of carboxylic acid groups (broad SMARTS) is 1. The molecule has 0 saturated carbocycles. The molecule has 0 aliphatic carbocycles. The van der Waals surface area contributed by atoms with Gasteiger partial charge in [0.15, 0.2) is 11.6 Å². The summed E-state index contributed by atoms with van der Waals surface area (Å²) in [4.78, 5) is 22.5. The van der Waals surface area contributed by atoms with Crippen LogP contribution >= 0.6 is 11.6 Å². The molecule has 17 heavy (non-hydrogen) atoms. The molecule has 0 aliphatic heterocycles. The first-order chi connectivity index (χ1) is 7.75. The molecule has 0 atom stereocenters. The average Bonchev–Trinajstić information content (AvgIpc) is 2.19. The number of benzene rings is 1. The summed E-state index contributed by atoms with van der Waals surface area (Å²) in [5.74, 6) is -1.53. The maximum absolute atomic E-state index is 13.6. The first-order valence-corrected chi connectivity index (χ1v) is 5.13. The van der Waals surface area contributed by atoms with Crippen LogP contribution in [0.25, 0.3) is 0 Å². The highest BCUT2D eigenvalue weighted by Gasteiger charge is 2.32. The number of ketones is 1. The summed E-state index contributed by atoms with van der Waals surface area (Å²) >= 11 is 5.55. The SMILES string of the molecule is CC(C)(NC(=O)O)C(=O)c1cccc(Cl)c1F. The molecular formula is C11H11ClFNO3. The Morgan fingerprint density at radius 3 is 2.53 bits per heavy atom. The van der Waals surface area contributed by atoms with Gasteiger partial charge < -0.3 is 10.4 Å². The molecule has 0 radical (unpaired) electrons. The lowest BCUT2D eigenvalue weighted by Crippen LogP contribution is -2.49. The predicted octanol–water partition coefficient (Wildman–Crippen LogP) is 2.71. The molecule has 1 aromatic carbocycles. The van der Waals surface area contributed by atoms with Crippen LogP contribution in [0.4, 0.5) is 9.18 Å². The van der Waals surface area contributed by atoms with Gasteiger partial charge in [0.25, 0.3) is 0 Å². The molecule has 0 fully saturated rings. The zero-order chi connectivity index (χ0) is 13.2. The Balaban J connectivity index is 3.12. The van der Waals surface area contributed by atoms with Crippen molar-refractivity contribution in [3.63, 3.8) is 0 Å². The molecule has 4 nitrogen and oxygen atoms in total. The van der Waals surface area contributed by atoms with E-state index in [-0.39, 0.29) is 10.6 Å². The first-order valence-electron chi connectivity index (χ1n) is 4.75. The van der Waals surface area contributed by atoms with Crippen LogP contribution in [0.5, 0.6) is 0 Å². The molecule has 0 spiro atoms. The molecule has 0 aliphatic rings. The van der Waals surface area contributed by atoms with Crippen molar-refractivity contribution in [2.45, 2.75) is 19.4 Å². The lowest BCUT2D eigenvalue weighted by Gasteiger charge is -2.23. The number of Topliss-reactive ketones (excluding diaryl/α,β-unsaturated/α-hetero) is 1. The summed E-state index contributed by atoms with van der Waals surface area (Å²) in [6.07, 6.45) is -1.36. The monoisotopic (exact) mass is 259 g/mol. The quantitative estimate of drug-likeness (QED) is 0.820. The van der Waals surface area contributed by atoms with Crippen molar-refractivity contribution in [2.24, 2.45) is 0 Å². The van der Waals surface area contributed by atoms with Crippen molar-refractivity contribution in [2.75, 3.05) is 0 Å². The van der Waals surface area contributed by atoms with Crippen molar-refractivity contribution in [3.8, 4) is 0 Å². The lowest BCUT2D eigenvalue weighted by atomic mass is 9.93. The Hall–Kier alpha value is -1.62. The van der Waals surface area contributed by atoms with Crippen molar-refractivity contribution in [3.05, 3.63) is 34.6 Å². The molecule has 0 saturated heterocycles. The van der Waals surface area contributed by atoms with Gasteiger partial charge in [0, 0.05) is 0 Å². The van der Waals surface area contributed by atoms with Crippen LogP contribution in [0, 0.1) is 5.82 Å². The number of hydrogen-bond donors (Lipinski definition) is 2. The summed E-state index contributed by atoms with van der Waals surface area (Å²) in [6.45, 7) is 2.70. The summed E-state index contributed by atoms with van der Waals surface area (Å²) in [7, 11) is 0. The van der Waals surface area contributed by atoms with Crippen LogP contribution in [-0.2, 0) is 0 Å². The second-order valence-electron chi connectivity index (χ2n) is 3.99. The third kappa shape index (κ3) is 2.94. The second-order valence-corrected chi connectivity index (χ2v) is 4.39. The van der Waals surface area contributed by atoms with E-state index in [0.717, 1.165) is 0 Å². The number of nitrogens with one attached hydrogen (secondary N) is 1. The third-order valence-corrected chi connectivity index (χ3v) is 2.48. The van der Waals surface area contributed by atoms with E-state index in [9.17, 15) is 14.0 Å². The third-order valence-electron chi connectivity index (χ3n) is 2.18. The summed E-state index contributed by atoms with van der Waals surface area (Å²) in [6, 6.07) is 4.00. The fourth-order valence-electron chi connectivity index (χ4n) is 1.34. The molecule has 6 heteroatoms. The van der Waals surface area contributed by atoms with Gasteiger partial charge in [0.05, 0.1) is 10.6 Å². The number of rotatable bonds is 3. The molecule has 92 valence electrons. The first kappa shape index (κ1) is 13.4. The zero-order valence-electron chi connectivity index (χ0n) is 9.25. The normalized spacial score (nSPS) is 11.1. The second kappa shape index (κ2) is 4.71. The van der Waals surface area contributed by atoms with E-state index < -0.39 is 23.2 Å². The Labute approximate surface area is 102 Å². The van der Waals surface area contributed by atoms with E-state index in [4.69, 9.17) is 16.7 Å². The van der Waals surface area contributed by atoms with E-state index in [2.05, 4.69) is 0 Å². The van der Waals surface area contributed by atoms with Crippen LogP contribution in [0.15, 0.2) is 18.2 Å². The standard InChI is InChI=1S/C11H11ClFNO3/c1-11(2,14-10(16)17)9(15)6-4-3-5-7(12)8(6)13/h3-5,14H,1-2H3,(H,16,17). The molecule has 0 aromatic heterocycles. The zero-order valence-corrected chi connectivity index (χ0v) is 10.0. The number of halogens is 2. The molecule has 0 heterocycles. The summed E-state index contributed by atoms with van der Waals surface area (Å²) in [5, 5.41) is 10.4. The Kier molecular flexibility index (Phi) is 3.72. The topological polar surface area (TPSA) is 66.4 Å². The fourth-order valence-corrected chi connectivity index (χ4v) is 1.51. The van der Waals surface area contributed by atoms with E-state index in [0.29, 0.717) is 0 Å². The van der Waals surface area contributed by atoms with Crippen molar-refractivity contribution in [1.82, 2.24) is 5.32 Å². The number of amides is 1. The average molecular weight is 260 g/mol. The van der Waals surface area contributed by atoms with E-state index in [1.165, 1.54) is 32.0 Å². The highest BCUT2D eigenvalue weighted by Crippen LogP contribution is 2.22. The van der Waals surface area contributed by atoms with Crippen LogP contribution < -0.4 is 5.32 Å². The molecule has 1 aromatic rings. The molecular weight excluding hydrogens is 249 g/mol. The van der Waals surface area contributed by atoms with Gasteiger partial charge in [-0.05, 0) is 26.0 Å². The Morgan fingerprint density at radius 2 is 2.00 bits per heavy atom.